The number of amides is 2. The number of nitrogens with one attached hydrogen (secondary N) is 2. The fraction of sp³-hybridized carbons (Fsp3) is 0.300. The molecule has 0 saturated carbocycles. The Hall–Kier alpha value is -5.06. The Morgan fingerprint density at radius 3 is 1.31 bits per heavy atom. The molecule has 0 aliphatic heterocycles. The molecule has 0 bridgehead atoms. The third-order valence-corrected chi connectivity index (χ3v) is 8.90. The molecule has 2 amide bonds. The lowest BCUT2D eigenvalue weighted by Crippen LogP contribution is -2.31. The van der Waals surface area contributed by atoms with Gasteiger partial charge < -0.3 is 10.6 Å². The zero-order chi connectivity index (χ0) is 37.9. The Labute approximate surface area is 314 Å². The molecule has 0 fully saturated rings. The predicted molar refractivity (Wildman–Crippen MR) is 208 cm³/mol. The van der Waals surface area contributed by atoms with Crippen molar-refractivity contribution in [3.8, 4) is 11.1 Å². The van der Waals surface area contributed by atoms with E-state index in [1.807, 2.05) is 52.0 Å². The number of aryl methyl sites for hydroxylation is 4. The van der Waals surface area contributed by atoms with Crippen molar-refractivity contribution in [3.63, 3.8) is 0 Å². The first-order chi connectivity index (χ1) is 24.8. The van der Waals surface area contributed by atoms with Crippen molar-refractivity contribution in [2.75, 3.05) is 10.6 Å². The minimum atomic E-state index is -1.40. The number of anilines is 2. The maximum Gasteiger partial charge on any atom is 0.258 e. The van der Waals surface area contributed by atoms with E-state index in [2.05, 4.69) is 43.2 Å². The fourth-order valence-corrected chi connectivity index (χ4v) is 5.89. The lowest BCUT2D eigenvalue weighted by molar-refractivity contribution is -0.127. The number of carbonyl (C=O) groups excluding carboxylic acids is 4. The Morgan fingerprint density at radius 1 is 0.558 bits per heavy atom. The van der Waals surface area contributed by atoms with Gasteiger partial charge in [-0.15, -0.1) is 0 Å². The summed E-state index contributed by atoms with van der Waals surface area (Å²) >= 11 is 13.1. The molecule has 0 saturated heterocycles. The highest BCUT2D eigenvalue weighted by atomic mass is 35.5. The van der Waals surface area contributed by atoms with Crippen LogP contribution in [0.3, 0.4) is 0 Å². The summed E-state index contributed by atoms with van der Waals surface area (Å²) in [6.07, 6.45) is 3.22. The molecule has 4 aromatic carbocycles. The van der Waals surface area contributed by atoms with Gasteiger partial charge in [0.1, 0.15) is 5.69 Å². The molecule has 0 aliphatic carbocycles. The van der Waals surface area contributed by atoms with Crippen LogP contribution in [0.2, 0.25) is 10.0 Å². The summed E-state index contributed by atoms with van der Waals surface area (Å²) in [7, 11) is 0. The predicted octanol–water partition coefficient (Wildman–Crippen LogP) is 10.3. The van der Waals surface area contributed by atoms with Gasteiger partial charge in [-0.1, -0.05) is 75.2 Å². The van der Waals surface area contributed by atoms with E-state index in [1.54, 1.807) is 36.4 Å². The van der Waals surface area contributed by atoms with Crippen LogP contribution in [0.25, 0.3) is 11.1 Å². The zero-order valence-corrected chi connectivity index (χ0v) is 31.6. The van der Waals surface area contributed by atoms with Gasteiger partial charge in [0.2, 0.25) is 12.1 Å². The molecule has 0 spiro atoms. The number of azo groups is 2. The van der Waals surface area contributed by atoms with Gasteiger partial charge in [0.25, 0.3) is 11.8 Å². The van der Waals surface area contributed by atoms with Crippen molar-refractivity contribution < 1.29 is 19.2 Å². The maximum atomic E-state index is 13.1. The number of carbonyl (C=O) groups is 4. The highest BCUT2D eigenvalue weighted by Gasteiger charge is 2.25. The normalized spacial score (nSPS) is 12.5. The molecule has 2 atom stereocenters. The van der Waals surface area contributed by atoms with E-state index in [4.69, 9.17) is 23.2 Å². The van der Waals surface area contributed by atoms with Crippen LogP contribution in [-0.2, 0) is 44.9 Å². The number of benzene rings is 4. The summed E-state index contributed by atoms with van der Waals surface area (Å²) in [5.41, 5.74) is 7.41. The number of hydrogen-bond donors (Lipinski definition) is 2. The zero-order valence-electron chi connectivity index (χ0n) is 30.1. The van der Waals surface area contributed by atoms with Crippen LogP contribution in [0.15, 0.2) is 93.3 Å². The lowest BCUT2D eigenvalue weighted by Gasteiger charge is -2.12. The van der Waals surface area contributed by atoms with Crippen molar-refractivity contribution in [2.24, 2.45) is 20.5 Å². The number of nitrogens with zero attached hydrogens (tertiary/aromatic N) is 4. The van der Waals surface area contributed by atoms with Gasteiger partial charge in [0.05, 0.1) is 15.7 Å². The third-order valence-electron chi connectivity index (χ3n) is 8.32. The Kier molecular flexibility index (Phi) is 14.1. The van der Waals surface area contributed by atoms with Crippen molar-refractivity contribution in [1.82, 2.24) is 0 Å². The number of rotatable bonds is 15. The van der Waals surface area contributed by atoms with Crippen LogP contribution in [0, 0.1) is 0 Å². The maximum absolute atomic E-state index is 13.1. The molecular weight excluding hydrogens is 699 g/mol. The van der Waals surface area contributed by atoms with Gasteiger partial charge in [-0.25, -0.2) is 0 Å². The first-order valence-electron chi connectivity index (χ1n) is 17.1. The standard InChI is InChI=1S/C40H42Cl2N6O4/c1-7-25-15-26(8-2)18-32(17-25)43-39(51)36(23(5)49)46-45-31-13-11-29(12-14-31)30-21-34(41)38(35(42)22-30)48-47-37(24(6)50)40(52)44-33-19-27(9-3)16-28(10-4)20-33/h11-22,36-37H,7-10H2,1-6H3,(H,43,51)(H,44,52). The highest BCUT2D eigenvalue weighted by molar-refractivity contribution is 6.39. The largest absolute Gasteiger partial charge is 0.324 e. The summed E-state index contributed by atoms with van der Waals surface area (Å²) in [4.78, 5) is 50.9. The van der Waals surface area contributed by atoms with Crippen molar-refractivity contribution in [1.29, 1.82) is 0 Å². The minimum absolute atomic E-state index is 0.110. The number of ketones is 2. The van der Waals surface area contributed by atoms with E-state index < -0.39 is 35.5 Å². The molecule has 2 unspecified atom stereocenters. The van der Waals surface area contributed by atoms with E-state index >= 15 is 0 Å². The van der Waals surface area contributed by atoms with E-state index in [-0.39, 0.29) is 15.7 Å². The highest BCUT2D eigenvalue weighted by Crippen LogP contribution is 2.38. The Bertz CT molecular complexity index is 1960. The topological polar surface area (TPSA) is 142 Å². The van der Waals surface area contributed by atoms with Crippen LogP contribution in [0.4, 0.5) is 22.7 Å². The van der Waals surface area contributed by atoms with Crippen LogP contribution < -0.4 is 10.6 Å². The molecule has 12 heteroatoms. The average Bonchev–Trinajstić information content (AvgIpc) is 3.12. The Morgan fingerprint density at radius 2 is 0.942 bits per heavy atom. The van der Waals surface area contributed by atoms with Gasteiger partial charge in [0, 0.05) is 11.4 Å². The van der Waals surface area contributed by atoms with E-state index in [9.17, 15) is 19.2 Å². The monoisotopic (exact) mass is 740 g/mol. The first kappa shape index (κ1) is 39.7. The van der Waals surface area contributed by atoms with Crippen LogP contribution in [0.1, 0.15) is 63.8 Å². The number of hydrogen-bond acceptors (Lipinski definition) is 8. The van der Waals surface area contributed by atoms with Gasteiger partial charge >= 0.3 is 0 Å². The molecule has 4 aromatic rings. The van der Waals surface area contributed by atoms with Crippen molar-refractivity contribution >= 4 is 69.3 Å². The Balaban J connectivity index is 1.47. The molecule has 0 aromatic heterocycles. The molecule has 10 nitrogen and oxygen atoms in total. The molecule has 4 rings (SSSR count). The molecule has 0 aliphatic rings. The van der Waals surface area contributed by atoms with Gasteiger partial charge in [-0.2, -0.15) is 20.5 Å². The van der Waals surface area contributed by atoms with Crippen molar-refractivity contribution in [3.05, 3.63) is 105 Å². The van der Waals surface area contributed by atoms with Crippen LogP contribution >= 0.6 is 23.2 Å². The SMILES string of the molecule is CCc1cc(CC)cc(NC(=O)C(N=Nc2ccc(-c3cc(Cl)c(N=NC(C(C)=O)C(=O)Nc4cc(CC)cc(CC)c4)c(Cl)c3)cc2)C(C)=O)c1. The smallest absolute Gasteiger partial charge is 0.258 e. The van der Waals surface area contributed by atoms with E-state index in [0.717, 1.165) is 53.5 Å². The van der Waals surface area contributed by atoms with Gasteiger partial charge in [0.15, 0.2) is 11.6 Å². The molecular formula is C40H42Cl2N6O4. The van der Waals surface area contributed by atoms with E-state index in [0.29, 0.717) is 22.6 Å². The lowest BCUT2D eigenvalue weighted by atomic mass is 10.0. The summed E-state index contributed by atoms with van der Waals surface area (Å²) in [6.45, 7) is 10.7. The summed E-state index contributed by atoms with van der Waals surface area (Å²) in [5.74, 6) is -2.11. The van der Waals surface area contributed by atoms with Crippen molar-refractivity contribution in [2.45, 2.75) is 79.3 Å². The second-order valence-corrected chi connectivity index (χ2v) is 13.1. The molecule has 52 heavy (non-hydrogen) atoms. The molecule has 0 heterocycles. The summed E-state index contributed by atoms with van der Waals surface area (Å²) in [5, 5.41) is 22.3. The molecule has 0 radical (unpaired) electrons. The van der Waals surface area contributed by atoms with Crippen LogP contribution in [0.5, 0.6) is 0 Å². The summed E-state index contributed by atoms with van der Waals surface area (Å²) < 4.78 is 0. The van der Waals surface area contributed by atoms with Gasteiger partial charge in [-0.05, 0) is 121 Å². The average molecular weight is 742 g/mol. The molecule has 270 valence electrons. The summed E-state index contributed by atoms with van der Waals surface area (Å²) in [6, 6.07) is 19.1. The molecule has 2 N–H and O–H groups in total. The van der Waals surface area contributed by atoms with Crippen LogP contribution in [-0.4, -0.2) is 35.5 Å². The quantitative estimate of drug-likeness (QED) is 0.0924. The van der Waals surface area contributed by atoms with E-state index in [1.165, 1.54) is 13.8 Å². The number of halogens is 2. The second kappa shape index (κ2) is 18.4. The second-order valence-electron chi connectivity index (χ2n) is 12.3. The first-order valence-corrected chi connectivity index (χ1v) is 17.9. The van der Waals surface area contributed by atoms with Gasteiger partial charge in [-0.3, -0.25) is 19.2 Å². The fourth-order valence-electron chi connectivity index (χ4n) is 5.33. The minimum Gasteiger partial charge on any atom is -0.324 e. The number of Topliss-reactive ketones (excluding diaryl/α,β-unsaturated/α-hetero) is 2. The third kappa shape index (κ3) is 10.5.